The largest absolute Gasteiger partial charge is 0.365 e. The number of benzene rings is 1. The molecule has 1 amide bonds. The van der Waals surface area contributed by atoms with E-state index in [0.29, 0.717) is 5.56 Å². The lowest BCUT2D eigenvalue weighted by atomic mass is 9.91. The topological polar surface area (TPSA) is 84.5 Å². The monoisotopic (exact) mass is 419 g/mol. The molecule has 4 N–H and O–H groups in total. The van der Waals surface area contributed by atoms with Crippen LogP contribution < -0.4 is 16.4 Å². The third-order valence-corrected chi connectivity index (χ3v) is 5.81. The summed E-state index contributed by atoms with van der Waals surface area (Å²) in [6, 6.07) is 12.6. The van der Waals surface area contributed by atoms with E-state index in [0.717, 1.165) is 48.4 Å². The van der Waals surface area contributed by atoms with Gasteiger partial charge in [0.2, 0.25) is 0 Å². The van der Waals surface area contributed by atoms with Crippen LogP contribution in [0.4, 0.5) is 5.82 Å². The number of hydrogen-bond donors (Lipinski definition) is 3. The molecule has 1 aliphatic carbocycles. The number of carbonyl (C=O) groups is 1. The zero-order valence-electron chi connectivity index (χ0n) is 18.9. The second-order valence-electron chi connectivity index (χ2n) is 9.78. The highest BCUT2D eigenvalue weighted by molar-refractivity contribution is 5.95. The highest BCUT2D eigenvalue weighted by atomic mass is 16.1. The second kappa shape index (κ2) is 8.35. The molecular formula is C25H33N5O. The normalized spacial score (nSPS) is 19.4. The minimum atomic E-state index is -0.132. The van der Waals surface area contributed by atoms with E-state index in [1.807, 2.05) is 22.7 Å². The van der Waals surface area contributed by atoms with Crippen LogP contribution in [0.2, 0.25) is 0 Å². The summed E-state index contributed by atoms with van der Waals surface area (Å²) in [7, 11) is 0. The van der Waals surface area contributed by atoms with Crippen LogP contribution in [0, 0.1) is 6.92 Å². The van der Waals surface area contributed by atoms with Crippen LogP contribution in [0.1, 0.15) is 62.4 Å². The van der Waals surface area contributed by atoms with Crippen molar-refractivity contribution in [3.63, 3.8) is 0 Å². The number of fused-ring (bicyclic) bond motifs is 1. The molecule has 3 aromatic rings. The average molecular weight is 420 g/mol. The maximum atomic E-state index is 12.9. The van der Waals surface area contributed by atoms with Crippen molar-refractivity contribution in [2.45, 2.75) is 71.0 Å². The van der Waals surface area contributed by atoms with Gasteiger partial charge in [-0.25, -0.2) is 4.98 Å². The van der Waals surface area contributed by atoms with Gasteiger partial charge in [0, 0.05) is 34.9 Å². The number of nitrogens with two attached hydrogens (primary N) is 1. The molecule has 1 aliphatic rings. The van der Waals surface area contributed by atoms with Crippen molar-refractivity contribution in [2.75, 3.05) is 5.32 Å². The lowest BCUT2D eigenvalue weighted by molar-refractivity contribution is 0.0926. The summed E-state index contributed by atoms with van der Waals surface area (Å²) in [5, 5.41) is 6.76. The molecule has 2 aromatic heterocycles. The van der Waals surface area contributed by atoms with E-state index in [9.17, 15) is 4.79 Å². The van der Waals surface area contributed by atoms with Crippen LogP contribution in [0.15, 0.2) is 42.6 Å². The number of hydrogen-bond acceptors (Lipinski definition) is 4. The number of anilines is 1. The van der Waals surface area contributed by atoms with Gasteiger partial charge in [-0.05, 0) is 65.5 Å². The van der Waals surface area contributed by atoms with Crippen molar-refractivity contribution >= 4 is 17.4 Å². The van der Waals surface area contributed by atoms with Gasteiger partial charge in [-0.15, -0.1) is 0 Å². The van der Waals surface area contributed by atoms with E-state index in [4.69, 9.17) is 10.7 Å². The SMILES string of the molecule is Cc1ccc(-c2nc3cc(C(=O)NC4CCC(N)CC4)ccn3c2NC(C)(C)C)cc1. The number of aromatic nitrogens is 2. The Morgan fingerprint density at radius 3 is 2.42 bits per heavy atom. The summed E-state index contributed by atoms with van der Waals surface area (Å²) in [5.74, 6) is 0.882. The van der Waals surface area contributed by atoms with Gasteiger partial charge in [-0.3, -0.25) is 9.20 Å². The maximum Gasteiger partial charge on any atom is 0.251 e. The first-order valence-corrected chi connectivity index (χ1v) is 11.1. The van der Waals surface area contributed by atoms with Gasteiger partial charge in [0.15, 0.2) is 0 Å². The van der Waals surface area contributed by atoms with Gasteiger partial charge >= 0.3 is 0 Å². The zero-order chi connectivity index (χ0) is 22.2. The lowest BCUT2D eigenvalue weighted by Gasteiger charge is -2.26. The Labute approximate surface area is 184 Å². The van der Waals surface area contributed by atoms with Crippen molar-refractivity contribution in [3.8, 4) is 11.3 Å². The van der Waals surface area contributed by atoms with Crippen molar-refractivity contribution in [2.24, 2.45) is 5.73 Å². The molecule has 0 spiro atoms. The molecule has 1 aromatic carbocycles. The molecule has 31 heavy (non-hydrogen) atoms. The van der Waals surface area contributed by atoms with Gasteiger partial charge in [-0.2, -0.15) is 0 Å². The van der Waals surface area contributed by atoms with Gasteiger partial charge < -0.3 is 16.4 Å². The number of aryl methyl sites for hydroxylation is 1. The van der Waals surface area contributed by atoms with Gasteiger partial charge in [0.1, 0.15) is 17.2 Å². The van der Waals surface area contributed by atoms with Crippen LogP contribution in [0.25, 0.3) is 16.9 Å². The minimum absolute atomic E-state index is 0.0480. The summed E-state index contributed by atoms with van der Waals surface area (Å²) in [5.41, 5.74) is 10.4. The fraction of sp³-hybridized carbons (Fsp3) is 0.440. The molecule has 6 nitrogen and oxygen atoms in total. The maximum absolute atomic E-state index is 12.9. The molecule has 0 bridgehead atoms. The van der Waals surface area contributed by atoms with E-state index in [-0.39, 0.29) is 23.5 Å². The Kier molecular flexibility index (Phi) is 5.75. The average Bonchev–Trinajstić information content (AvgIpc) is 3.06. The molecular weight excluding hydrogens is 386 g/mol. The van der Waals surface area contributed by atoms with Crippen LogP contribution in [-0.4, -0.2) is 32.9 Å². The van der Waals surface area contributed by atoms with Crippen LogP contribution in [-0.2, 0) is 0 Å². The molecule has 164 valence electrons. The van der Waals surface area contributed by atoms with E-state index in [2.05, 4.69) is 62.6 Å². The van der Waals surface area contributed by atoms with Crippen LogP contribution in [0.3, 0.4) is 0 Å². The highest BCUT2D eigenvalue weighted by Crippen LogP contribution is 2.31. The predicted octanol–water partition coefficient (Wildman–Crippen LogP) is 4.52. The Hall–Kier alpha value is -2.86. The molecule has 0 saturated heterocycles. The third-order valence-electron chi connectivity index (χ3n) is 5.81. The predicted molar refractivity (Wildman–Crippen MR) is 126 cm³/mol. The number of imidazole rings is 1. The number of rotatable bonds is 4. The summed E-state index contributed by atoms with van der Waals surface area (Å²) in [4.78, 5) is 17.8. The standard InChI is InChI=1S/C25H33N5O/c1-16-5-7-17(8-6-16)22-23(29-25(2,3)4)30-14-13-18(15-21(30)28-22)24(31)27-20-11-9-19(26)10-12-20/h5-8,13-15,19-20,29H,9-12,26H2,1-4H3,(H,27,31). The van der Waals surface area contributed by atoms with Gasteiger partial charge in [0.25, 0.3) is 5.91 Å². The third kappa shape index (κ3) is 4.90. The number of amides is 1. The molecule has 0 radical (unpaired) electrons. The summed E-state index contributed by atoms with van der Waals surface area (Å²) >= 11 is 0. The molecule has 2 heterocycles. The molecule has 1 fully saturated rings. The smallest absolute Gasteiger partial charge is 0.251 e. The highest BCUT2D eigenvalue weighted by Gasteiger charge is 2.22. The fourth-order valence-electron chi connectivity index (χ4n) is 4.11. The Bertz CT molecular complexity index is 1070. The van der Waals surface area contributed by atoms with Crippen molar-refractivity contribution < 1.29 is 4.79 Å². The van der Waals surface area contributed by atoms with Crippen molar-refractivity contribution in [1.82, 2.24) is 14.7 Å². The molecule has 0 unspecified atom stereocenters. The Morgan fingerprint density at radius 1 is 1.10 bits per heavy atom. The van der Waals surface area contributed by atoms with Gasteiger partial charge in [-0.1, -0.05) is 29.8 Å². The number of nitrogens with one attached hydrogen (secondary N) is 2. The van der Waals surface area contributed by atoms with E-state index in [1.165, 1.54) is 5.56 Å². The first kappa shape index (κ1) is 21.4. The minimum Gasteiger partial charge on any atom is -0.365 e. The van der Waals surface area contributed by atoms with Crippen molar-refractivity contribution in [3.05, 3.63) is 53.7 Å². The Morgan fingerprint density at radius 2 is 1.77 bits per heavy atom. The van der Waals surface area contributed by atoms with E-state index >= 15 is 0 Å². The number of carbonyl (C=O) groups excluding carboxylic acids is 1. The molecule has 6 heteroatoms. The Balaban J connectivity index is 1.67. The lowest BCUT2D eigenvalue weighted by Crippen LogP contribution is -2.40. The molecule has 1 saturated carbocycles. The summed E-state index contributed by atoms with van der Waals surface area (Å²) in [6.07, 6.45) is 5.74. The molecule has 4 rings (SSSR count). The molecule has 0 atom stereocenters. The first-order chi connectivity index (χ1) is 14.7. The van der Waals surface area contributed by atoms with Crippen LogP contribution >= 0.6 is 0 Å². The fourth-order valence-corrected chi connectivity index (χ4v) is 4.11. The zero-order valence-corrected chi connectivity index (χ0v) is 18.9. The molecule has 0 aliphatic heterocycles. The van der Waals surface area contributed by atoms with E-state index in [1.54, 1.807) is 0 Å². The quantitative estimate of drug-likeness (QED) is 0.580. The van der Waals surface area contributed by atoms with Gasteiger partial charge in [0.05, 0.1) is 0 Å². The summed E-state index contributed by atoms with van der Waals surface area (Å²) in [6.45, 7) is 8.46. The first-order valence-electron chi connectivity index (χ1n) is 11.1. The number of pyridine rings is 1. The van der Waals surface area contributed by atoms with Crippen molar-refractivity contribution in [1.29, 1.82) is 0 Å². The van der Waals surface area contributed by atoms with E-state index < -0.39 is 0 Å². The number of nitrogens with zero attached hydrogens (tertiary/aromatic N) is 2. The second-order valence-corrected chi connectivity index (χ2v) is 9.78. The summed E-state index contributed by atoms with van der Waals surface area (Å²) < 4.78 is 2.02. The van der Waals surface area contributed by atoms with Crippen LogP contribution in [0.5, 0.6) is 0 Å².